The van der Waals surface area contributed by atoms with Gasteiger partial charge in [-0.05, 0) is 32.1 Å². The van der Waals surface area contributed by atoms with Crippen molar-refractivity contribution in [3.8, 4) is 0 Å². The van der Waals surface area contributed by atoms with Gasteiger partial charge in [0.15, 0.2) is 5.82 Å². The van der Waals surface area contributed by atoms with Gasteiger partial charge < -0.3 is 21.3 Å². The van der Waals surface area contributed by atoms with Crippen LogP contribution in [0.2, 0.25) is 0 Å². The molecule has 1 amide bonds. The number of nitrogens with zero attached hydrogens (tertiary/aromatic N) is 5. The molecule has 1 unspecified atom stereocenters. The predicted octanol–water partition coefficient (Wildman–Crippen LogP) is 1.42. The first-order valence-corrected chi connectivity index (χ1v) is 9.34. The summed E-state index contributed by atoms with van der Waals surface area (Å²) in [6.07, 6.45) is -0.379. The summed E-state index contributed by atoms with van der Waals surface area (Å²) in [6, 6.07) is -0.376. The summed E-state index contributed by atoms with van der Waals surface area (Å²) in [5, 5.41) is 0. The van der Waals surface area contributed by atoms with Crippen LogP contribution in [0.25, 0.3) is 0 Å². The monoisotopic (exact) mass is 411 g/mol. The Hall–Kier alpha value is -2.85. The van der Waals surface area contributed by atoms with E-state index in [2.05, 4.69) is 15.0 Å². The number of allylic oxidation sites excluding steroid dienone is 1. The van der Waals surface area contributed by atoms with Crippen molar-refractivity contribution in [2.24, 2.45) is 16.5 Å². The Morgan fingerprint density at radius 1 is 1.24 bits per heavy atom. The molecular formula is C18H24F3N7O. The number of rotatable bonds is 4. The second-order valence-corrected chi connectivity index (χ2v) is 7.34. The number of halogens is 3. The zero-order chi connectivity index (χ0) is 21.3. The second-order valence-electron chi connectivity index (χ2n) is 7.34. The van der Waals surface area contributed by atoms with Gasteiger partial charge in [-0.1, -0.05) is 0 Å². The lowest BCUT2D eigenvalue weighted by Gasteiger charge is -2.26. The zero-order valence-electron chi connectivity index (χ0n) is 16.3. The molecule has 1 aliphatic heterocycles. The number of carbonyl (C=O) groups is 1. The van der Waals surface area contributed by atoms with Gasteiger partial charge in [0.1, 0.15) is 17.6 Å². The highest BCUT2D eigenvalue weighted by atomic mass is 19.4. The third kappa shape index (κ3) is 4.43. The number of aliphatic imine (C=N–C) groups is 1. The highest BCUT2D eigenvalue weighted by molar-refractivity contribution is 5.94. The van der Waals surface area contributed by atoms with Crippen molar-refractivity contribution in [3.05, 3.63) is 23.0 Å². The number of amidine groups is 1. The summed E-state index contributed by atoms with van der Waals surface area (Å²) in [4.78, 5) is 29.0. The fourth-order valence-electron chi connectivity index (χ4n) is 3.58. The van der Waals surface area contributed by atoms with E-state index in [0.717, 1.165) is 24.1 Å². The average molecular weight is 411 g/mol. The van der Waals surface area contributed by atoms with Crippen LogP contribution < -0.4 is 16.4 Å². The molecule has 3 rings (SSSR count). The number of anilines is 1. The average Bonchev–Trinajstić information content (AvgIpc) is 3.29. The predicted molar refractivity (Wildman–Crippen MR) is 103 cm³/mol. The third-order valence-corrected chi connectivity index (χ3v) is 5.00. The molecule has 2 aliphatic rings. The van der Waals surface area contributed by atoms with Crippen LogP contribution in [-0.2, 0) is 17.6 Å². The molecule has 4 N–H and O–H groups in total. The van der Waals surface area contributed by atoms with E-state index in [0.29, 0.717) is 37.8 Å². The molecule has 0 spiro atoms. The third-order valence-electron chi connectivity index (χ3n) is 5.00. The molecule has 1 saturated heterocycles. The van der Waals surface area contributed by atoms with Gasteiger partial charge >= 0.3 is 6.18 Å². The lowest BCUT2D eigenvalue weighted by molar-refractivity contribution is -0.129. The first kappa shape index (κ1) is 20.9. The highest BCUT2D eigenvalue weighted by Crippen LogP contribution is 2.33. The van der Waals surface area contributed by atoms with Crippen molar-refractivity contribution in [2.45, 2.75) is 44.3 Å². The Balaban J connectivity index is 1.99. The first-order chi connectivity index (χ1) is 13.6. The number of hydrogen-bond donors (Lipinski definition) is 2. The van der Waals surface area contributed by atoms with Crippen LogP contribution in [0.3, 0.4) is 0 Å². The van der Waals surface area contributed by atoms with Gasteiger partial charge in [0.2, 0.25) is 11.9 Å². The Labute approximate surface area is 166 Å². The van der Waals surface area contributed by atoms with Gasteiger partial charge in [-0.3, -0.25) is 4.79 Å². The summed E-state index contributed by atoms with van der Waals surface area (Å²) < 4.78 is 37.9. The van der Waals surface area contributed by atoms with Gasteiger partial charge in [0, 0.05) is 32.3 Å². The van der Waals surface area contributed by atoms with Crippen LogP contribution >= 0.6 is 0 Å². The van der Waals surface area contributed by atoms with E-state index >= 15 is 0 Å². The maximum absolute atomic E-state index is 12.6. The molecule has 1 aliphatic carbocycles. The molecule has 0 saturated carbocycles. The standard InChI is InChI=1S/C18H24F3N7O/c1-27(2)16(29)12-7-4-8-28(12)17-24-11-6-3-5-10(11)15(26-17)25-14(23)9-13(22)18(19,20)21/h9,12H,3-8,22H2,1-2H3,(H2,23,24,25,26)/b13-9-. The molecule has 11 heteroatoms. The number of fused-ring (bicyclic) bond motifs is 1. The minimum absolute atomic E-state index is 0.0444. The van der Waals surface area contributed by atoms with Crippen molar-refractivity contribution < 1.29 is 18.0 Å². The van der Waals surface area contributed by atoms with Crippen LogP contribution in [0.15, 0.2) is 16.8 Å². The maximum Gasteiger partial charge on any atom is 0.430 e. The van der Waals surface area contributed by atoms with Gasteiger partial charge in [-0.2, -0.15) is 18.2 Å². The van der Waals surface area contributed by atoms with Crippen molar-refractivity contribution >= 4 is 23.5 Å². The lowest BCUT2D eigenvalue weighted by atomic mass is 10.2. The van der Waals surface area contributed by atoms with E-state index in [1.54, 1.807) is 14.1 Å². The number of hydrogen-bond acceptors (Lipinski definition) is 6. The summed E-state index contributed by atoms with van der Waals surface area (Å²) in [5.41, 5.74) is 10.9. The number of carbonyl (C=O) groups excluding carboxylic acids is 1. The second kappa shape index (κ2) is 7.88. The first-order valence-electron chi connectivity index (χ1n) is 9.34. The van der Waals surface area contributed by atoms with Gasteiger partial charge in [-0.25, -0.2) is 9.98 Å². The van der Waals surface area contributed by atoms with E-state index in [1.165, 1.54) is 4.90 Å². The molecular weight excluding hydrogens is 387 g/mol. The Bertz CT molecular complexity index is 864. The largest absolute Gasteiger partial charge is 0.430 e. The molecule has 0 bridgehead atoms. The number of likely N-dealkylation sites (N-methyl/N-ethyl adjacent to an activating group) is 1. The van der Waals surface area contributed by atoms with Crippen molar-refractivity contribution in [1.29, 1.82) is 0 Å². The molecule has 158 valence electrons. The molecule has 0 radical (unpaired) electrons. The molecule has 1 fully saturated rings. The van der Waals surface area contributed by atoms with Crippen molar-refractivity contribution in [1.82, 2.24) is 14.9 Å². The summed E-state index contributed by atoms with van der Waals surface area (Å²) >= 11 is 0. The van der Waals surface area contributed by atoms with Crippen molar-refractivity contribution in [3.63, 3.8) is 0 Å². The van der Waals surface area contributed by atoms with Crippen molar-refractivity contribution in [2.75, 3.05) is 25.5 Å². The van der Waals surface area contributed by atoms with Crippen LogP contribution in [0.1, 0.15) is 30.5 Å². The molecule has 0 aromatic carbocycles. The number of aryl methyl sites for hydroxylation is 1. The summed E-state index contributed by atoms with van der Waals surface area (Å²) in [5.74, 6) is 0.148. The SMILES string of the molecule is CN(C)C(=O)C1CCCN1c1nc2c(c(N=C(N)/C=C(\N)C(F)(F)F)n1)CCC2. The van der Waals surface area contributed by atoms with E-state index in [-0.39, 0.29) is 23.6 Å². The van der Waals surface area contributed by atoms with E-state index in [4.69, 9.17) is 11.5 Å². The molecule has 2 heterocycles. The Morgan fingerprint density at radius 2 is 1.97 bits per heavy atom. The smallest absolute Gasteiger partial charge is 0.395 e. The Morgan fingerprint density at radius 3 is 2.62 bits per heavy atom. The number of aromatic nitrogens is 2. The van der Waals surface area contributed by atoms with E-state index in [9.17, 15) is 18.0 Å². The minimum atomic E-state index is -4.69. The molecule has 1 aromatic heterocycles. The normalized spacial score (nSPS) is 20.2. The number of amides is 1. The van der Waals surface area contributed by atoms with Gasteiger partial charge in [0.05, 0.1) is 5.69 Å². The minimum Gasteiger partial charge on any atom is -0.395 e. The number of nitrogens with two attached hydrogens (primary N) is 2. The zero-order valence-corrected chi connectivity index (χ0v) is 16.3. The van der Waals surface area contributed by atoms with Crippen LogP contribution in [0, 0.1) is 0 Å². The molecule has 8 nitrogen and oxygen atoms in total. The molecule has 29 heavy (non-hydrogen) atoms. The van der Waals surface area contributed by atoms with E-state index in [1.807, 2.05) is 4.90 Å². The Kier molecular flexibility index (Phi) is 5.67. The van der Waals surface area contributed by atoms with Gasteiger partial charge in [0.25, 0.3) is 0 Å². The maximum atomic E-state index is 12.6. The quantitative estimate of drug-likeness (QED) is 0.572. The van der Waals surface area contributed by atoms with Crippen LogP contribution in [0.5, 0.6) is 0 Å². The van der Waals surface area contributed by atoms with Crippen LogP contribution in [-0.4, -0.2) is 59.5 Å². The summed E-state index contributed by atoms with van der Waals surface area (Å²) in [6.45, 7) is 0.614. The molecule has 1 aromatic rings. The molecule has 1 atom stereocenters. The fraction of sp³-hybridized carbons (Fsp3) is 0.556. The topological polar surface area (TPSA) is 114 Å². The number of alkyl halides is 3. The fourth-order valence-corrected chi connectivity index (χ4v) is 3.58. The van der Waals surface area contributed by atoms with E-state index < -0.39 is 11.9 Å². The van der Waals surface area contributed by atoms with Crippen LogP contribution in [0.4, 0.5) is 24.9 Å². The van der Waals surface area contributed by atoms with Gasteiger partial charge in [-0.15, -0.1) is 0 Å². The highest BCUT2D eigenvalue weighted by Gasteiger charge is 2.35. The summed E-state index contributed by atoms with van der Waals surface area (Å²) in [7, 11) is 3.38. The lowest BCUT2D eigenvalue weighted by Crippen LogP contribution is -2.43.